The lowest BCUT2D eigenvalue weighted by Crippen LogP contribution is -2.44. The van der Waals surface area contributed by atoms with Gasteiger partial charge >= 0.3 is 0 Å². The molecule has 3 rings (SSSR count). The third kappa shape index (κ3) is 5.30. The lowest BCUT2D eigenvalue weighted by Gasteiger charge is -2.26. The van der Waals surface area contributed by atoms with Gasteiger partial charge in [0.05, 0.1) is 12.7 Å². The number of aromatic nitrogens is 5. The molecule has 1 amide bonds. The molecule has 0 atom stereocenters. The summed E-state index contributed by atoms with van der Waals surface area (Å²) in [6.07, 6.45) is 2.29. The summed E-state index contributed by atoms with van der Waals surface area (Å²) in [6.45, 7) is 10.1. The van der Waals surface area contributed by atoms with Crippen LogP contribution in [0.1, 0.15) is 27.7 Å². The van der Waals surface area contributed by atoms with Gasteiger partial charge in [0.25, 0.3) is 5.91 Å². The largest absolute Gasteiger partial charge is 0.350 e. The van der Waals surface area contributed by atoms with Crippen molar-refractivity contribution >= 4 is 5.91 Å². The molecule has 0 unspecified atom stereocenters. The van der Waals surface area contributed by atoms with Crippen molar-refractivity contribution in [1.29, 1.82) is 0 Å². The number of nitrogens with zero attached hydrogens (tertiary/aromatic N) is 6. The molecule has 0 aromatic carbocycles. The Balaban J connectivity index is 1.43. The number of hydrogen-bond acceptors (Lipinski definition) is 7. The number of piperazine rings is 1. The fourth-order valence-corrected chi connectivity index (χ4v) is 2.98. The molecule has 0 radical (unpaired) electrons. The molecular formula is C17H26N8O. The van der Waals surface area contributed by atoms with E-state index >= 15 is 0 Å². The average Bonchev–Trinajstić information content (AvgIpc) is 3.09. The molecule has 1 aliphatic rings. The molecular weight excluding hydrogens is 332 g/mol. The van der Waals surface area contributed by atoms with Crippen molar-refractivity contribution in [1.82, 2.24) is 40.5 Å². The Morgan fingerprint density at radius 1 is 1.19 bits per heavy atom. The SMILES string of the molecule is Cc1cc(C)nc(CCNC(=O)c2cn(CCN3CCNCC3)nn2)n1. The van der Waals surface area contributed by atoms with E-state index in [1.807, 2.05) is 19.9 Å². The van der Waals surface area contributed by atoms with Gasteiger partial charge in [-0.05, 0) is 19.9 Å². The summed E-state index contributed by atoms with van der Waals surface area (Å²) in [4.78, 5) is 23.3. The summed E-state index contributed by atoms with van der Waals surface area (Å²) in [5.41, 5.74) is 2.21. The number of carbonyl (C=O) groups excluding carboxylic acids is 1. The average molecular weight is 358 g/mol. The van der Waals surface area contributed by atoms with Crippen molar-refractivity contribution in [3.63, 3.8) is 0 Å². The molecule has 0 bridgehead atoms. The van der Waals surface area contributed by atoms with Gasteiger partial charge in [0.2, 0.25) is 0 Å². The lowest BCUT2D eigenvalue weighted by atomic mass is 10.3. The predicted molar refractivity (Wildman–Crippen MR) is 96.9 cm³/mol. The smallest absolute Gasteiger partial charge is 0.273 e. The second-order valence-corrected chi connectivity index (χ2v) is 6.53. The first-order valence-electron chi connectivity index (χ1n) is 9.03. The Labute approximate surface area is 153 Å². The first-order valence-corrected chi connectivity index (χ1v) is 9.03. The van der Waals surface area contributed by atoms with E-state index in [9.17, 15) is 4.79 Å². The molecule has 9 heteroatoms. The third-order valence-corrected chi connectivity index (χ3v) is 4.29. The summed E-state index contributed by atoms with van der Waals surface area (Å²) >= 11 is 0. The molecule has 26 heavy (non-hydrogen) atoms. The second kappa shape index (κ2) is 8.81. The van der Waals surface area contributed by atoms with Crippen molar-refractivity contribution < 1.29 is 4.79 Å². The van der Waals surface area contributed by atoms with Crippen LogP contribution < -0.4 is 10.6 Å². The Morgan fingerprint density at radius 3 is 2.65 bits per heavy atom. The van der Waals surface area contributed by atoms with E-state index in [-0.39, 0.29) is 5.91 Å². The highest BCUT2D eigenvalue weighted by Crippen LogP contribution is 2.00. The molecule has 0 spiro atoms. The van der Waals surface area contributed by atoms with Gasteiger partial charge in [0.1, 0.15) is 5.82 Å². The highest BCUT2D eigenvalue weighted by molar-refractivity contribution is 5.91. The van der Waals surface area contributed by atoms with E-state index in [0.29, 0.717) is 18.7 Å². The van der Waals surface area contributed by atoms with Gasteiger partial charge in [-0.15, -0.1) is 5.10 Å². The molecule has 2 aromatic rings. The molecule has 3 heterocycles. The Bertz CT molecular complexity index is 718. The Morgan fingerprint density at radius 2 is 1.92 bits per heavy atom. The van der Waals surface area contributed by atoms with Crippen LogP contribution in [0.3, 0.4) is 0 Å². The van der Waals surface area contributed by atoms with Crippen LogP contribution in [0, 0.1) is 13.8 Å². The maximum atomic E-state index is 12.2. The van der Waals surface area contributed by atoms with Gasteiger partial charge in [-0.1, -0.05) is 5.21 Å². The summed E-state index contributed by atoms with van der Waals surface area (Å²) in [5, 5.41) is 14.2. The Hall–Kier alpha value is -2.39. The van der Waals surface area contributed by atoms with Crippen LogP contribution in [0.15, 0.2) is 12.3 Å². The number of rotatable bonds is 7. The number of aryl methyl sites for hydroxylation is 2. The van der Waals surface area contributed by atoms with Gasteiger partial charge in [0, 0.05) is 57.1 Å². The van der Waals surface area contributed by atoms with E-state index in [0.717, 1.165) is 56.5 Å². The van der Waals surface area contributed by atoms with E-state index in [1.54, 1.807) is 10.9 Å². The van der Waals surface area contributed by atoms with E-state index in [4.69, 9.17) is 0 Å². The molecule has 1 saturated heterocycles. The van der Waals surface area contributed by atoms with Crippen LogP contribution in [-0.2, 0) is 13.0 Å². The summed E-state index contributed by atoms with van der Waals surface area (Å²) in [7, 11) is 0. The molecule has 0 aliphatic carbocycles. The van der Waals surface area contributed by atoms with Gasteiger partial charge in [-0.3, -0.25) is 14.4 Å². The van der Waals surface area contributed by atoms with Crippen LogP contribution in [0.25, 0.3) is 0 Å². The number of hydrogen-bond donors (Lipinski definition) is 2. The molecule has 2 N–H and O–H groups in total. The molecule has 140 valence electrons. The van der Waals surface area contributed by atoms with E-state index in [2.05, 4.69) is 35.8 Å². The lowest BCUT2D eigenvalue weighted by molar-refractivity contribution is 0.0949. The van der Waals surface area contributed by atoms with Crippen LogP contribution in [0.4, 0.5) is 0 Å². The standard InChI is InChI=1S/C17H26N8O/c1-13-11-14(2)21-16(20-13)3-4-19-17(26)15-12-25(23-22-15)10-9-24-7-5-18-6-8-24/h11-12,18H,3-10H2,1-2H3,(H,19,26). The van der Waals surface area contributed by atoms with E-state index < -0.39 is 0 Å². The van der Waals surface area contributed by atoms with Crippen molar-refractivity contribution in [2.24, 2.45) is 0 Å². The number of carbonyl (C=O) groups is 1. The van der Waals surface area contributed by atoms with Gasteiger partial charge < -0.3 is 10.6 Å². The minimum atomic E-state index is -0.220. The summed E-state index contributed by atoms with van der Waals surface area (Å²) in [6, 6.07) is 1.93. The molecule has 0 saturated carbocycles. The third-order valence-electron chi connectivity index (χ3n) is 4.29. The summed E-state index contributed by atoms with van der Waals surface area (Å²) < 4.78 is 1.73. The molecule has 1 fully saturated rings. The Kier molecular flexibility index (Phi) is 6.24. The highest BCUT2D eigenvalue weighted by Gasteiger charge is 2.13. The minimum absolute atomic E-state index is 0.220. The van der Waals surface area contributed by atoms with E-state index in [1.165, 1.54) is 0 Å². The monoisotopic (exact) mass is 358 g/mol. The maximum Gasteiger partial charge on any atom is 0.273 e. The van der Waals surface area contributed by atoms with Crippen LogP contribution >= 0.6 is 0 Å². The zero-order valence-corrected chi connectivity index (χ0v) is 15.4. The first-order chi connectivity index (χ1) is 12.6. The second-order valence-electron chi connectivity index (χ2n) is 6.53. The highest BCUT2D eigenvalue weighted by atomic mass is 16.2. The van der Waals surface area contributed by atoms with Crippen molar-refractivity contribution in [2.45, 2.75) is 26.8 Å². The molecule has 2 aromatic heterocycles. The zero-order chi connectivity index (χ0) is 18.4. The summed E-state index contributed by atoms with van der Waals surface area (Å²) in [5.74, 6) is 0.519. The number of amides is 1. The predicted octanol–water partition coefficient (Wildman–Crippen LogP) is -0.437. The topological polar surface area (TPSA) is 101 Å². The van der Waals surface area contributed by atoms with Crippen molar-refractivity contribution in [2.75, 3.05) is 39.3 Å². The molecule has 1 aliphatic heterocycles. The fraction of sp³-hybridized carbons (Fsp3) is 0.588. The zero-order valence-electron chi connectivity index (χ0n) is 15.4. The number of nitrogens with one attached hydrogen (secondary N) is 2. The normalized spacial score (nSPS) is 15.2. The maximum absolute atomic E-state index is 12.2. The quantitative estimate of drug-likeness (QED) is 0.692. The minimum Gasteiger partial charge on any atom is -0.350 e. The van der Waals surface area contributed by atoms with Crippen molar-refractivity contribution in [3.05, 3.63) is 35.2 Å². The van der Waals surface area contributed by atoms with Crippen LogP contribution in [0.2, 0.25) is 0 Å². The van der Waals surface area contributed by atoms with Gasteiger partial charge in [0.15, 0.2) is 5.69 Å². The van der Waals surface area contributed by atoms with Gasteiger partial charge in [-0.2, -0.15) is 0 Å². The van der Waals surface area contributed by atoms with Crippen LogP contribution in [-0.4, -0.2) is 75.0 Å². The van der Waals surface area contributed by atoms with Crippen molar-refractivity contribution in [3.8, 4) is 0 Å². The fourth-order valence-electron chi connectivity index (χ4n) is 2.98. The van der Waals surface area contributed by atoms with Crippen LogP contribution in [0.5, 0.6) is 0 Å². The molecule has 9 nitrogen and oxygen atoms in total. The first kappa shape index (κ1) is 18.4. The van der Waals surface area contributed by atoms with Gasteiger partial charge in [-0.25, -0.2) is 9.97 Å².